The van der Waals surface area contributed by atoms with Crippen molar-refractivity contribution in [1.82, 2.24) is 10.6 Å². The van der Waals surface area contributed by atoms with E-state index in [0.29, 0.717) is 13.0 Å². The van der Waals surface area contributed by atoms with E-state index in [1.54, 1.807) is 0 Å². The molecule has 2 rings (SSSR count). The first-order valence-electron chi connectivity index (χ1n) is 9.05. The molecule has 0 bridgehead atoms. The molecule has 0 aromatic carbocycles. The van der Waals surface area contributed by atoms with Crippen LogP contribution in [0.25, 0.3) is 0 Å². The molecule has 2 N–H and O–H groups in total. The van der Waals surface area contributed by atoms with Gasteiger partial charge in [-0.3, -0.25) is 4.79 Å². The van der Waals surface area contributed by atoms with E-state index in [1.807, 2.05) is 0 Å². The van der Waals surface area contributed by atoms with Gasteiger partial charge in [0.1, 0.15) is 0 Å². The van der Waals surface area contributed by atoms with Gasteiger partial charge in [0.15, 0.2) is 0 Å². The molecular weight excluding hydrogens is 312 g/mol. The number of ether oxygens (including phenoxy) is 1. The second-order valence-electron chi connectivity index (χ2n) is 8.16. The fourth-order valence-electron chi connectivity index (χ4n) is 3.61. The second-order valence-corrected chi connectivity index (χ2v) is 8.16. The summed E-state index contributed by atoms with van der Waals surface area (Å²) >= 11 is 0. The molecule has 1 heterocycles. The van der Waals surface area contributed by atoms with Crippen LogP contribution in [0.5, 0.6) is 0 Å². The third kappa shape index (κ3) is 7.40. The van der Waals surface area contributed by atoms with Crippen molar-refractivity contribution in [3.8, 4) is 0 Å². The highest BCUT2D eigenvalue weighted by molar-refractivity contribution is 5.85. The highest BCUT2D eigenvalue weighted by Gasteiger charge is 2.30. The molecule has 0 spiro atoms. The van der Waals surface area contributed by atoms with Gasteiger partial charge in [-0.1, -0.05) is 52.9 Å². The maximum Gasteiger partial charge on any atom is 0.221 e. The Hall–Kier alpha value is -0.320. The Bertz CT molecular complexity index is 345. The number of nitrogens with one attached hydrogen (secondary N) is 2. The first-order chi connectivity index (χ1) is 10.4. The van der Waals surface area contributed by atoms with Gasteiger partial charge in [0.2, 0.25) is 5.91 Å². The van der Waals surface area contributed by atoms with Gasteiger partial charge in [-0.2, -0.15) is 0 Å². The number of carbonyl (C=O) groups excluding carboxylic acids is 1. The minimum atomic E-state index is 0. The summed E-state index contributed by atoms with van der Waals surface area (Å²) in [6, 6.07) is 0.441. The molecule has 1 amide bonds. The van der Waals surface area contributed by atoms with Gasteiger partial charge in [0, 0.05) is 25.0 Å². The Morgan fingerprint density at radius 1 is 1.26 bits per heavy atom. The highest BCUT2D eigenvalue weighted by atomic mass is 35.5. The van der Waals surface area contributed by atoms with Crippen LogP contribution in [0.15, 0.2) is 0 Å². The van der Waals surface area contributed by atoms with Crippen molar-refractivity contribution >= 4 is 18.3 Å². The minimum Gasteiger partial charge on any atom is -0.378 e. The average molecular weight is 347 g/mol. The summed E-state index contributed by atoms with van der Waals surface area (Å²) in [5.41, 5.74) is 0.115. The summed E-state index contributed by atoms with van der Waals surface area (Å²) in [5, 5.41) is 6.67. The van der Waals surface area contributed by atoms with E-state index in [4.69, 9.17) is 4.74 Å². The minimum absolute atomic E-state index is 0. The average Bonchev–Trinajstić information content (AvgIpc) is 2.48. The van der Waals surface area contributed by atoms with Crippen molar-refractivity contribution in [3.05, 3.63) is 0 Å². The summed E-state index contributed by atoms with van der Waals surface area (Å²) in [6.45, 7) is 8.97. The number of amides is 1. The summed E-state index contributed by atoms with van der Waals surface area (Å²) in [6.07, 6.45) is 8.43. The Morgan fingerprint density at radius 2 is 1.96 bits per heavy atom. The molecule has 2 fully saturated rings. The van der Waals surface area contributed by atoms with Crippen LogP contribution in [0.4, 0.5) is 0 Å². The van der Waals surface area contributed by atoms with Crippen LogP contribution in [-0.2, 0) is 9.53 Å². The molecule has 0 radical (unpaired) electrons. The molecule has 4 nitrogen and oxygen atoms in total. The zero-order valence-electron chi connectivity index (χ0n) is 15.0. The molecule has 23 heavy (non-hydrogen) atoms. The largest absolute Gasteiger partial charge is 0.378 e. The SMILES string of the molecule is CC(C)(C)C(CC1CCCCC1)NC(=O)CC1COCCN1.Cl. The molecule has 1 aliphatic carbocycles. The van der Waals surface area contributed by atoms with Gasteiger partial charge in [-0.25, -0.2) is 0 Å². The van der Waals surface area contributed by atoms with Crippen molar-refractivity contribution in [2.45, 2.75) is 77.8 Å². The standard InChI is InChI=1S/C18H34N2O2.ClH/c1-18(2,3)16(11-14-7-5-4-6-8-14)20-17(21)12-15-13-22-10-9-19-15;/h14-16,19H,4-13H2,1-3H3,(H,20,21);1H. The van der Waals surface area contributed by atoms with Gasteiger partial charge < -0.3 is 15.4 Å². The maximum absolute atomic E-state index is 12.4. The lowest BCUT2D eigenvalue weighted by Crippen LogP contribution is -2.49. The van der Waals surface area contributed by atoms with Gasteiger partial charge in [0.05, 0.1) is 13.2 Å². The fourth-order valence-corrected chi connectivity index (χ4v) is 3.61. The van der Waals surface area contributed by atoms with Crippen LogP contribution in [0.3, 0.4) is 0 Å². The molecule has 0 aromatic rings. The molecule has 2 unspecified atom stereocenters. The molecule has 0 aromatic heterocycles. The number of carbonyl (C=O) groups is 1. The number of morpholine rings is 1. The smallest absolute Gasteiger partial charge is 0.221 e. The van der Waals surface area contributed by atoms with Gasteiger partial charge in [0.25, 0.3) is 0 Å². The van der Waals surface area contributed by atoms with Crippen LogP contribution in [-0.4, -0.2) is 37.7 Å². The lowest BCUT2D eigenvalue weighted by Gasteiger charge is -2.36. The topological polar surface area (TPSA) is 50.4 Å². The van der Waals surface area contributed by atoms with E-state index in [-0.39, 0.29) is 35.8 Å². The number of halogens is 1. The van der Waals surface area contributed by atoms with Gasteiger partial charge >= 0.3 is 0 Å². The first-order valence-corrected chi connectivity index (χ1v) is 9.05. The molecular formula is C18H35ClN2O2. The van der Waals surface area contributed by atoms with Gasteiger partial charge in [-0.15, -0.1) is 12.4 Å². The van der Waals surface area contributed by atoms with E-state index in [2.05, 4.69) is 31.4 Å². The van der Waals surface area contributed by atoms with E-state index < -0.39 is 0 Å². The molecule has 5 heteroatoms. The Balaban J connectivity index is 0.00000264. The van der Waals surface area contributed by atoms with Crippen LogP contribution in [0.2, 0.25) is 0 Å². The number of hydrogen-bond acceptors (Lipinski definition) is 3. The lowest BCUT2D eigenvalue weighted by molar-refractivity contribution is -0.124. The molecule has 136 valence electrons. The van der Waals surface area contributed by atoms with Crippen molar-refractivity contribution in [1.29, 1.82) is 0 Å². The quantitative estimate of drug-likeness (QED) is 0.803. The van der Waals surface area contributed by atoms with E-state index >= 15 is 0 Å². The van der Waals surface area contributed by atoms with Crippen LogP contribution >= 0.6 is 12.4 Å². The van der Waals surface area contributed by atoms with Gasteiger partial charge in [-0.05, 0) is 17.8 Å². The Morgan fingerprint density at radius 3 is 2.52 bits per heavy atom. The molecule has 1 saturated heterocycles. The lowest BCUT2D eigenvalue weighted by atomic mass is 9.77. The second kappa shape index (κ2) is 9.85. The molecule has 2 aliphatic rings. The predicted molar refractivity (Wildman–Crippen MR) is 97.1 cm³/mol. The summed E-state index contributed by atoms with van der Waals surface area (Å²) in [4.78, 5) is 12.4. The van der Waals surface area contributed by atoms with Crippen LogP contribution < -0.4 is 10.6 Å². The molecule has 1 aliphatic heterocycles. The van der Waals surface area contributed by atoms with Crippen LogP contribution in [0.1, 0.15) is 65.7 Å². The van der Waals surface area contributed by atoms with Crippen LogP contribution in [0, 0.1) is 11.3 Å². The first kappa shape index (κ1) is 20.7. The molecule has 1 saturated carbocycles. The third-order valence-electron chi connectivity index (χ3n) is 5.10. The Kier molecular flexibility index (Phi) is 8.88. The summed E-state index contributed by atoms with van der Waals surface area (Å²) < 4.78 is 5.43. The molecule has 2 atom stereocenters. The van der Waals surface area contributed by atoms with E-state index in [1.165, 1.54) is 32.1 Å². The zero-order valence-corrected chi connectivity index (χ0v) is 15.8. The zero-order chi connectivity index (χ0) is 16.0. The van der Waals surface area contributed by atoms with Crippen molar-refractivity contribution in [2.75, 3.05) is 19.8 Å². The van der Waals surface area contributed by atoms with E-state index in [0.717, 1.165) is 25.5 Å². The number of hydrogen-bond donors (Lipinski definition) is 2. The van der Waals surface area contributed by atoms with Crippen molar-refractivity contribution in [2.24, 2.45) is 11.3 Å². The summed E-state index contributed by atoms with van der Waals surface area (Å²) in [7, 11) is 0. The normalized spacial score (nSPS) is 24.6. The van der Waals surface area contributed by atoms with E-state index in [9.17, 15) is 4.79 Å². The van der Waals surface area contributed by atoms with Crippen molar-refractivity contribution < 1.29 is 9.53 Å². The monoisotopic (exact) mass is 346 g/mol. The predicted octanol–water partition coefficient (Wildman–Crippen LogP) is 3.29. The third-order valence-corrected chi connectivity index (χ3v) is 5.10. The summed E-state index contributed by atoms with van der Waals surface area (Å²) in [5.74, 6) is 0.952. The highest BCUT2D eigenvalue weighted by Crippen LogP contribution is 2.32. The Labute approximate surface area is 147 Å². The fraction of sp³-hybridized carbons (Fsp3) is 0.944. The number of rotatable bonds is 5. The van der Waals surface area contributed by atoms with Crippen molar-refractivity contribution in [3.63, 3.8) is 0 Å². The maximum atomic E-state index is 12.4.